The molecular weight excluding hydrogens is 424 g/mol. The summed E-state index contributed by atoms with van der Waals surface area (Å²) in [6.07, 6.45) is 0.723. The topological polar surface area (TPSA) is 139 Å². The van der Waals surface area contributed by atoms with Crippen LogP contribution in [0.4, 0.5) is 5.69 Å². The minimum Gasteiger partial charge on any atom is -0.489 e. The van der Waals surface area contributed by atoms with Gasteiger partial charge in [-0.25, -0.2) is 4.99 Å². The highest BCUT2D eigenvalue weighted by molar-refractivity contribution is 6.38. The number of fused-ring (bicyclic) bond motifs is 1. The molecule has 1 unspecified atom stereocenters. The number of ether oxygens (including phenoxy) is 1. The van der Waals surface area contributed by atoms with Crippen molar-refractivity contribution in [2.24, 2.45) is 21.0 Å². The van der Waals surface area contributed by atoms with Gasteiger partial charge in [0, 0.05) is 19.9 Å². The Morgan fingerprint density at radius 1 is 1.18 bits per heavy atom. The average molecular weight is 448 g/mol. The third-order valence-corrected chi connectivity index (χ3v) is 5.41. The number of nitrogens with zero attached hydrogens (tertiary/aromatic N) is 4. The number of carbonyl (C=O) groups is 3. The smallest absolute Gasteiger partial charge is 0.291 e. The Labute approximate surface area is 190 Å². The van der Waals surface area contributed by atoms with Crippen LogP contribution in [0.15, 0.2) is 63.8 Å². The van der Waals surface area contributed by atoms with Crippen LogP contribution < -0.4 is 20.7 Å². The summed E-state index contributed by atoms with van der Waals surface area (Å²) in [5, 5.41) is 10.6. The molecule has 0 bridgehead atoms. The molecule has 0 fully saturated rings. The van der Waals surface area contributed by atoms with Gasteiger partial charge in [-0.15, -0.1) is 5.11 Å². The molecule has 0 saturated heterocycles. The number of carbonyl (C=O) groups excluding carboxylic acids is 3. The Kier molecular flexibility index (Phi) is 6.43. The van der Waals surface area contributed by atoms with Gasteiger partial charge in [-0.3, -0.25) is 14.4 Å². The maximum Gasteiger partial charge on any atom is 0.291 e. The molecule has 3 amide bonds. The Hall–Kier alpha value is -4.08. The van der Waals surface area contributed by atoms with E-state index in [-0.39, 0.29) is 24.8 Å². The number of aryl methyl sites for hydroxylation is 1. The minimum atomic E-state index is -0.921. The first kappa shape index (κ1) is 22.1. The first-order valence-corrected chi connectivity index (χ1v) is 10.6. The van der Waals surface area contributed by atoms with Crippen LogP contribution >= 0.6 is 0 Å². The number of rotatable bonds is 7. The Bertz CT molecular complexity index is 1130. The van der Waals surface area contributed by atoms with E-state index in [1.54, 1.807) is 19.2 Å². The molecule has 33 heavy (non-hydrogen) atoms. The summed E-state index contributed by atoms with van der Waals surface area (Å²) in [4.78, 5) is 42.5. The number of anilines is 1. The highest BCUT2D eigenvalue weighted by Gasteiger charge is 2.32. The van der Waals surface area contributed by atoms with E-state index in [0.717, 1.165) is 11.1 Å². The highest BCUT2D eigenvalue weighted by Crippen LogP contribution is 2.32. The Morgan fingerprint density at radius 3 is 2.73 bits per heavy atom. The van der Waals surface area contributed by atoms with Crippen LogP contribution in [-0.2, 0) is 27.2 Å². The van der Waals surface area contributed by atoms with Crippen molar-refractivity contribution in [1.82, 2.24) is 5.32 Å². The van der Waals surface area contributed by atoms with Gasteiger partial charge in [0.2, 0.25) is 11.7 Å². The summed E-state index contributed by atoms with van der Waals surface area (Å²) in [6, 6.07) is 14.1. The first-order valence-electron chi connectivity index (χ1n) is 10.6. The number of nitrogens with one attached hydrogen (secondary N) is 1. The number of likely N-dealkylation sites (N-methyl/N-ethyl adjacent to an activating group) is 1. The molecule has 10 heteroatoms. The summed E-state index contributed by atoms with van der Waals surface area (Å²) >= 11 is 0. The van der Waals surface area contributed by atoms with E-state index in [9.17, 15) is 14.4 Å². The molecule has 0 spiro atoms. The van der Waals surface area contributed by atoms with Crippen LogP contribution in [0.5, 0.6) is 5.75 Å². The van der Waals surface area contributed by atoms with Gasteiger partial charge in [0.15, 0.2) is 6.17 Å². The molecule has 2 heterocycles. The molecule has 2 aliphatic rings. The number of aliphatic imine (C=N–C) groups is 1. The summed E-state index contributed by atoms with van der Waals surface area (Å²) in [6.45, 7) is -0.0413. The van der Waals surface area contributed by atoms with E-state index in [0.29, 0.717) is 24.3 Å². The second-order valence-electron chi connectivity index (χ2n) is 7.84. The molecule has 3 N–H and O–H groups in total. The number of nitrogens with two attached hydrogens (primary N) is 1. The third kappa shape index (κ3) is 5.22. The zero-order valence-electron chi connectivity index (χ0n) is 18.1. The molecule has 2 aliphatic heterocycles. The molecule has 2 atom stereocenters. The van der Waals surface area contributed by atoms with Gasteiger partial charge in [0.25, 0.3) is 11.8 Å². The van der Waals surface area contributed by atoms with Gasteiger partial charge in [-0.05, 0) is 29.7 Å². The quantitative estimate of drug-likeness (QED) is 0.660. The second kappa shape index (κ2) is 9.60. The minimum absolute atomic E-state index is 0.0413. The average Bonchev–Trinajstić information content (AvgIpc) is 3.24. The van der Waals surface area contributed by atoms with Crippen molar-refractivity contribution in [3.05, 3.63) is 59.7 Å². The maximum absolute atomic E-state index is 13.0. The van der Waals surface area contributed by atoms with Crippen molar-refractivity contribution < 1.29 is 19.1 Å². The SMILES string of the molecule is CN1C(=O)[C@@H](NC(=O)C2=NC(Cc3ccccc3)N=N2)COc2ccc(CCC(N)=O)cc21. The molecule has 0 aromatic heterocycles. The zero-order chi connectivity index (χ0) is 23.4. The van der Waals surface area contributed by atoms with Crippen molar-refractivity contribution in [2.75, 3.05) is 18.6 Å². The van der Waals surface area contributed by atoms with Crippen LogP contribution in [0.25, 0.3) is 0 Å². The van der Waals surface area contributed by atoms with Crippen LogP contribution in [0.2, 0.25) is 0 Å². The van der Waals surface area contributed by atoms with E-state index in [4.69, 9.17) is 10.5 Å². The monoisotopic (exact) mass is 448 g/mol. The molecule has 0 aliphatic carbocycles. The molecule has 0 saturated carbocycles. The predicted molar refractivity (Wildman–Crippen MR) is 121 cm³/mol. The molecule has 0 radical (unpaired) electrons. The fourth-order valence-electron chi connectivity index (χ4n) is 3.62. The van der Waals surface area contributed by atoms with Gasteiger partial charge in [0.1, 0.15) is 18.4 Å². The molecule has 10 nitrogen and oxygen atoms in total. The first-order chi connectivity index (χ1) is 15.9. The number of azo groups is 1. The van der Waals surface area contributed by atoms with Crippen LogP contribution in [0.1, 0.15) is 17.5 Å². The number of hydrogen-bond donors (Lipinski definition) is 2. The summed E-state index contributed by atoms with van der Waals surface area (Å²) in [7, 11) is 1.61. The van der Waals surface area contributed by atoms with Crippen LogP contribution in [0.3, 0.4) is 0 Å². The summed E-state index contributed by atoms with van der Waals surface area (Å²) in [5.74, 6) is -0.886. The molecular formula is C23H24N6O4. The number of amidine groups is 1. The lowest BCUT2D eigenvalue weighted by atomic mass is 10.1. The lowest BCUT2D eigenvalue weighted by Crippen LogP contribution is -2.50. The predicted octanol–water partition coefficient (Wildman–Crippen LogP) is 1.38. The van der Waals surface area contributed by atoms with Crippen molar-refractivity contribution in [1.29, 1.82) is 0 Å². The number of hydrogen-bond acceptors (Lipinski definition) is 7. The lowest BCUT2D eigenvalue weighted by molar-refractivity contribution is -0.124. The van der Waals surface area contributed by atoms with E-state index < -0.39 is 24.0 Å². The lowest BCUT2D eigenvalue weighted by Gasteiger charge is -2.20. The largest absolute Gasteiger partial charge is 0.489 e. The standard InChI is InChI=1S/C23H24N6O4/c1-29-17-11-15(8-10-19(24)30)7-9-18(17)33-13-16(23(29)32)25-22(31)21-26-20(27-28-21)12-14-5-3-2-4-6-14/h2-7,9,11,16,20H,8,10,12-13H2,1H3,(H2,24,30)(H,25,31)/t16-,20?/m0/s1. The second-order valence-corrected chi connectivity index (χ2v) is 7.84. The number of primary amides is 1. The highest BCUT2D eigenvalue weighted by atomic mass is 16.5. The van der Waals surface area contributed by atoms with Crippen LogP contribution in [-0.4, -0.2) is 49.4 Å². The summed E-state index contributed by atoms with van der Waals surface area (Å²) in [5.41, 5.74) is 7.66. The van der Waals surface area contributed by atoms with Crippen molar-refractivity contribution in [3.63, 3.8) is 0 Å². The Balaban J connectivity index is 1.41. The molecule has 4 rings (SSSR count). The van der Waals surface area contributed by atoms with Crippen molar-refractivity contribution in [2.45, 2.75) is 31.5 Å². The van der Waals surface area contributed by atoms with E-state index in [1.165, 1.54) is 4.90 Å². The van der Waals surface area contributed by atoms with Gasteiger partial charge < -0.3 is 20.7 Å². The Morgan fingerprint density at radius 2 is 1.97 bits per heavy atom. The van der Waals surface area contributed by atoms with Crippen LogP contribution in [0, 0.1) is 0 Å². The molecule has 170 valence electrons. The van der Waals surface area contributed by atoms with Gasteiger partial charge >= 0.3 is 0 Å². The zero-order valence-corrected chi connectivity index (χ0v) is 18.1. The van der Waals surface area contributed by atoms with E-state index in [1.807, 2.05) is 36.4 Å². The van der Waals surface area contributed by atoms with Crippen molar-refractivity contribution in [3.8, 4) is 5.75 Å². The number of amides is 3. The summed E-state index contributed by atoms with van der Waals surface area (Å²) < 4.78 is 5.78. The molecule has 2 aromatic rings. The van der Waals surface area contributed by atoms with E-state index in [2.05, 4.69) is 20.5 Å². The van der Waals surface area contributed by atoms with Gasteiger partial charge in [0.05, 0.1) is 5.69 Å². The fourth-order valence-corrected chi connectivity index (χ4v) is 3.62. The maximum atomic E-state index is 13.0. The third-order valence-electron chi connectivity index (χ3n) is 5.41. The van der Waals surface area contributed by atoms with Gasteiger partial charge in [-0.2, -0.15) is 5.11 Å². The van der Waals surface area contributed by atoms with E-state index >= 15 is 0 Å². The molecule has 2 aromatic carbocycles. The number of benzene rings is 2. The van der Waals surface area contributed by atoms with Crippen molar-refractivity contribution >= 4 is 29.2 Å². The normalized spacial score (nSPS) is 19.4. The van der Waals surface area contributed by atoms with Gasteiger partial charge in [-0.1, -0.05) is 36.4 Å². The fraction of sp³-hybridized carbons (Fsp3) is 0.304.